The summed E-state index contributed by atoms with van der Waals surface area (Å²) in [6.07, 6.45) is 1.66. The van der Waals surface area contributed by atoms with Gasteiger partial charge in [0, 0.05) is 23.7 Å². The maximum Gasteiger partial charge on any atom is 0.255 e. The molecule has 1 fully saturated rings. The van der Waals surface area contributed by atoms with Gasteiger partial charge in [-0.05, 0) is 90.6 Å². The summed E-state index contributed by atoms with van der Waals surface area (Å²) in [5.41, 5.74) is 5.69. The first-order valence-electron chi connectivity index (χ1n) is 12.9. The van der Waals surface area contributed by atoms with Gasteiger partial charge in [-0.1, -0.05) is 42.5 Å². The van der Waals surface area contributed by atoms with Crippen LogP contribution in [-0.2, 0) is 10.2 Å². The maximum atomic E-state index is 13.5. The first-order valence-corrected chi connectivity index (χ1v) is 12.9. The highest BCUT2D eigenvalue weighted by atomic mass is 19.1. The van der Waals surface area contributed by atoms with Crippen molar-refractivity contribution in [3.05, 3.63) is 114 Å². The Labute approximate surface area is 225 Å². The van der Waals surface area contributed by atoms with Gasteiger partial charge in [0.2, 0.25) is 5.91 Å². The van der Waals surface area contributed by atoms with E-state index in [1.807, 2.05) is 73.7 Å². The molecule has 194 valence electrons. The molecule has 1 aliphatic rings. The van der Waals surface area contributed by atoms with Crippen molar-refractivity contribution in [1.82, 2.24) is 5.32 Å². The average Bonchev–Trinajstić information content (AvgIpc) is 3.69. The molecule has 1 heterocycles. The van der Waals surface area contributed by atoms with Gasteiger partial charge in [0.1, 0.15) is 17.2 Å². The second-order valence-corrected chi connectivity index (χ2v) is 10.0. The van der Waals surface area contributed by atoms with Gasteiger partial charge in [0.25, 0.3) is 5.91 Å². The van der Waals surface area contributed by atoms with Crippen LogP contribution in [0, 0.1) is 12.7 Å². The summed E-state index contributed by atoms with van der Waals surface area (Å²) in [5.74, 6) is -0.273. The maximum absolute atomic E-state index is 13.5. The third-order valence-corrected chi connectivity index (χ3v) is 7.57. The Kier molecular flexibility index (Phi) is 6.03. The summed E-state index contributed by atoms with van der Waals surface area (Å²) in [5, 5.41) is 6.48. The molecule has 5 nitrogen and oxygen atoms in total. The van der Waals surface area contributed by atoms with Crippen LogP contribution < -0.4 is 10.6 Å². The van der Waals surface area contributed by atoms with Crippen LogP contribution in [0.4, 0.5) is 10.1 Å². The first kappa shape index (κ1) is 24.6. The minimum absolute atomic E-state index is 0.000340. The van der Waals surface area contributed by atoms with Crippen molar-refractivity contribution < 1.29 is 18.4 Å². The summed E-state index contributed by atoms with van der Waals surface area (Å²) >= 11 is 0. The smallest absolute Gasteiger partial charge is 0.255 e. The molecule has 4 aromatic carbocycles. The molecule has 6 heteroatoms. The third kappa shape index (κ3) is 4.38. The van der Waals surface area contributed by atoms with Gasteiger partial charge in [-0.25, -0.2) is 4.39 Å². The highest BCUT2D eigenvalue weighted by Gasteiger charge is 2.51. The lowest BCUT2D eigenvalue weighted by Crippen LogP contribution is -2.27. The Morgan fingerprint density at radius 1 is 0.872 bits per heavy atom. The molecule has 1 saturated carbocycles. The number of benzene rings is 4. The topological polar surface area (TPSA) is 71.3 Å². The minimum atomic E-state index is -0.471. The fourth-order valence-corrected chi connectivity index (χ4v) is 5.21. The number of carbonyl (C=O) groups excluding carboxylic acids is 2. The number of amides is 2. The minimum Gasteiger partial charge on any atom is -0.455 e. The van der Waals surface area contributed by atoms with Crippen molar-refractivity contribution in [3.63, 3.8) is 0 Å². The number of rotatable bonds is 6. The van der Waals surface area contributed by atoms with E-state index in [2.05, 4.69) is 10.6 Å². The quantitative estimate of drug-likeness (QED) is 0.249. The molecule has 2 amide bonds. The Morgan fingerprint density at radius 2 is 1.59 bits per heavy atom. The fraction of sp³-hybridized carbons (Fsp3) is 0.152. The fourth-order valence-electron chi connectivity index (χ4n) is 5.21. The average molecular weight is 519 g/mol. The van der Waals surface area contributed by atoms with Crippen molar-refractivity contribution in [2.24, 2.45) is 0 Å². The van der Waals surface area contributed by atoms with Gasteiger partial charge in [-0.15, -0.1) is 0 Å². The normalized spacial score (nSPS) is 13.7. The molecule has 6 rings (SSSR count). The Morgan fingerprint density at radius 3 is 2.28 bits per heavy atom. The Hall–Kier alpha value is -4.71. The predicted molar refractivity (Wildman–Crippen MR) is 151 cm³/mol. The second-order valence-electron chi connectivity index (χ2n) is 10.0. The van der Waals surface area contributed by atoms with E-state index in [4.69, 9.17) is 4.42 Å². The molecule has 0 spiro atoms. The van der Waals surface area contributed by atoms with Gasteiger partial charge >= 0.3 is 0 Å². The number of hydrogen-bond donors (Lipinski definition) is 2. The van der Waals surface area contributed by atoms with E-state index in [-0.39, 0.29) is 17.6 Å². The molecule has 0 saturated heterocycles. The molecule has 2 N–H and O–H groups in total. The van der Waals surface area contributed by atoms with Gasteiger partial charge in [0.15, 0.2) is 0 Å². The summed E-state index contributed by atoms with van der Waals surface area (Å²) in [7, 11) is 1.57. The molecule has 0 bridgehead atoms. The largest absolute Gasteiger partial charge is 0.455 e. The van der Waals surface area contributed by atoms with E-state index in [9.17, 15) is 14.0 Å². The van der Waals surface area contributed by atoms with Crippen molar-refractivity contribution in [1.29, 1.82) is 0 Å². The van der Waals surface area contributed by atoms with Crippen molar-refractivity contribution in [3.8, 4) is 22.5 Å². The zero-order valence-electron chi connectivity index (χ0n) is 21.7. The van der Waals surface area contributed by atoms with Crippen LogP contribution in [0.1, 0.15) is 34.3 Å². The van der Waals surface area contributed by atoms with Gasteiger partial charge in [-0.2, -0.15) is 0 Å². The number of halogens is 1. The lowest BCUT2D eigenvalue weighted by Gasteiger charge is -2.17. The lowest BCUT2D eigenvalue weighted by atomic mass is 9.94. The second kappa shape index (κ2) is 9.55. The van der Waals surface area contributed by atoms with E-state index in [1.165, 1.54) is 12.1 Å². The monoisotopic (exact) mass is 518 g/mol. The number of hydrogen-bond acceptors (Lipinski definition) is 3. The number of aryl methyl sites for hydroxylation is 1. The predicted octanol–water partition coefficient (Wildman–Crippen LogP) is 7.24. The van der Waals surface area contributed by atoms with Crippen molar-refractivity contribution in [2.75, 3.05) is 12.4 Å². The van der Waals surface area contributed by atoms with Crippen LogP contribution >= 0.6 is 0 Å². The number of nitrogens with one attached hydrogen (secondary N) is 2. The van der Waals surface area contributed by atoms with Gasteiger partial charge in [-0.3, -0.25) is 9.59 Å². The molecule has 0 atom stereocenters. The highest BCUT2D eigenvalue weighted by Crippen LogP contribution is 2.49. The summed E-state index contributed by atoms with van der Waals surface area (Å²) < 4.78 is 19.6. The molecule has 1 aliphatic carbocycles. The number of carbonyl (C=O) groups is 2. The standard InChI is InChI=1S/C33H27FN2O3/c1-20-8-14-25(36-32(38)33(16-17-33)23-6-4-3-5-7-23)19-26(20)22-11-15-28-27(18-22)29(31(37)35-2)30(39-28)21-9-12-24(34)13-10-21/h3-15,18-19H,16-17H2,1-2H3,(H,35,37)(H,36,38). The highest BCUT2D eigenvalue weighted by molar-refractivity contribution is 6.12. The Bertz CT molecular complexity index is 1720. The van der Waals surface area contributed by atoms with Gasteiger partial charge < -0.3 is 15.1 Å². The lowest BCUT2D eigenvalue weighted by molar-refractivity contribution is -0.118. The van der Waals surface area contributed by atoms with E-state index in [0.29, 0.717) is 33.5 Å². The molecular weight excluding hydrogens is 491 g/mol. The summed E-state index contributed by atoms with van der Waals surface area (Å²) in [6.45, 7) is 2.01. The van der Waals surface area contributed by atoms with Crippen LogP contribution in [0.15, 0.2) is 95.4 Å². The van der Waals surface area contributed by atoms with Crippen LogP contribution in [0.2, 0.25) is 0 Å². The van der Waals surface area contributed by atoms with Crippen molar-refractivity contribution in [2.45, 2.75) is 25.2 Å². The van der Waals surface area contributed by atoms with E-state index in [1.54, 1.807) is 19.2 Å². The number of anilines is 1. The molecule has 0 aliphatic heterocycles. The zero-order chi connectivity index (χ0) is 27.1. The van der Waals surface area contributed by atoms with Crippen LogP contribution in [0.5, 0.6) is 0 Å². The molecule has 5 aromatic rings. The molecular formula is C33H27FN2O3. The summed E-state index contributed by atoms with van der Waals surface area (Å²) in [4.78, 5) is 26.3. The SMILES string of the molecule is CNC(=O)c1c(-c2ccc(F)cc2)oc2ccc(-c3cc(NC(=O)C4(c5ccccc5)CC4)ccc3C)cc12. The van der Waals surface area contributed by atoms with Gasteiger partial charge in [0.05, 0.1) is 11.0 Å². The molecule has 0 radical (unpaired) electrons. The first-order chi connectivity index (χ1) is 18.9. The van der Waals surface area contributed by atoms with Crippen LogP contribution in [0.25, 0.3) is 33.4 Å². The van der Waals surface area contributed by atoms with Crippen molar-refractivity contribution >= 4 is 28.5 Å². The Balaban J connectivity index is 1.38. The van der Waals surface area contributed by atoms with Crippen LogP contribution in [-0.4, -0.2) is 18.9 Å². The van der Waals surface area contributed by atoms with E-state index in [0.717, 1.165) is 35.1 Å². The zero-order valence-corrected chi connectivity index (χ0v) is 21.7. The molecule has 1 aromatic heterocycles. The molecule has 39 heavy (non-hydrogen) atoms. The number of fused-ring (bicyclic) bond motifs is 1. The van der Waals surface area contributed by atoms with Crippen LogP contribution in [0.3, 0.4) is 0 Å². The number of furan rings is 1. The molecule has 0 unspecified atom stereocenters. The third-order valence-electron chi connectivity index (χ3n) is 7.57. The van der Waals surface area contributed by atoms with E-state index < -0.39 is 5.41 Å². The summed E-state index contributed by atoms with van der Waals surface area (Å²) in [6, 6.07) is 27.4. The van der Waals surface area contributed by atoms with E-state index >= 15 is 0 Å².